The minimum absolute atomic E-state index is 0.106. The average molecular weight is 465 g/mol. The minimum Gasteiger partial charge on any atom is -0.508 e. The number of aromatic hydroxyl groups is 1. The van der Waals surface area contributed by atoms with E-state index in [0.717, 1.165) is 24.2 Å². The van der Waals surface area contributed by atoms with E-state index in [1.165, 1.54) is 11.1 Å². The number of nitrogens with zero attached hydrogens (tertiary/aromatic N) is 1. The highest BCUT2D eigenvalue weighted by molar-refractivity contribution is 6.30. The van der Waals surface area contributed by atoms with Gasteiger partial charge in [-0.05, 0) is 61.2 Å². The van der Waals surface area contributed by atoms with E-state index in [2.05, 4.69) is 29.6 Å². The van der Waals surface area contributed by atoms with Crippen LogP contribution < -0.4 is 5.32 Å². The molecule has 6 heteroatoms. The SMILES string of the molecule is CC(C)(C)OC(=O)N1Cc2ccccc2C1c1cc(Cl)ccc1O.c1ccc2c(c1)CNC2. The predicted molar refractivity (Wildman–Crippen MR) is 130 cm³/mol. The number of carbonyl (C=O) groups excluding carboxylic acids is 1. The number of nitrogens with one attached hydrogen (secondary N) is 1. The molecule has 3 aromatic carbocycles. The second-order valence-electron chi connectivity index (χ2n) is 9.28. The Morgan fingerprint density at radius 2 is 1.58 bits per heavy atom. The number of benzene rings is 3. The Morgan fingerprint density at radius 1 is 0.970 bits per heavy atom. The molecule has 0 radical (unpaired) electrons. The van der Waals surface area contributed by atoms with E-state index in [-0.39, 0.29) is 5.75 Å². The van der Waals surface area contributed by atoms with Crippen LogP contribution in [-0.4, -0.2) is 21.7 Å². The van der Waals surface area contributed by atoms with Crippen molar-refractivity contribution >= 4 is 17.7 Å². The van der Waals surface area contributed by atoms with Crippen LogP contribution in [0.3, 0.4) is 0 Å². The van der Waals surface area contributed by atoms with Crippen LogP contribution in [0, 0.1) is 0 Å². The van der Waals surface area contributed by atoms with Crippen molar-refractivity contribution in [3.63, 3.8) is 0 Å². The van der Waals surface area contributed by atoms with Gasteiger partial charge in [0, 0.05) is 23.7 Å². The van der Waals surface area contributed by atoms with Crippen LogP contribution in [0.5, 0.6) is 5.75 Å². The number of hydrogen-bond acceptors (Lipinski definition) is 4. The summed E-state index contributed by atoms with van der Waals surface area (Å²) >= 11 is 6.11. The van der Waals surface area contributed by atoms with Gasteiger partial charge >= 0.3 is 6.09 Å². The van der Waals surface area contributed by atoms with Crippen LogP contribution in [0.2, 0.25) is 5.02 Å². The summed E-state index contributed by atoms with van der Waals surface area (Å²) in [6.45, 7) is 8.04. The van der Waals surface area contributed by atoms with Gasteiger partial charge in [-0.15, -0.1) is 0 Å². The molecular formula is C27H29ClN2O3. The van der Waals surface area contributed by atoms with Gasteiger partial charge in [0.25, 0.3) is 0 Å². The van der Waals surface area contributed by atoms with Crippen molar-refractivity contribution < 1.29 is 14.6 Å². The van der Waals surface area contributed by atoms with Gasteiger partial charge in [0.2, 0.25) is 0 Å². The third kappa shape index (κ3) is 5.32. The molecule has 3 aromatic rings. The fourth-order valence-electron chi connectivity index (χ4n) is 4.19. The normalized spacial score (nSPS) is 16.5. The first-order valence-corrected chi connectivity index (χ1v) is 11.4. The van der Waals surface area contributed by atoms with E-state index in [1.54, 1.807) is 23.1 Å². The quantitative estimate of drug-likeness (QED) is 0.451. The van der Waals surface area contributed by atoms with Crippen LogP contribution in [0.1, 0.15) is 54.6 Å². The van der Waals surface area contributed by atoms with Gasteiger partial charge < -0.3 is 15.2 Å². The molecule has 2 N–H and O–H groups in total. The number of carbonyl (C=O) groups is 1. The zero-order valence-corrected chi connectivity index (χ0v) is 19.9. The average Bonchev–Trinajstić information content (AvgIpc) is 3.39. The molecule has 1 atom stereocenters. The number of halogens is 1. The molecule has 5 rings (SSSR count). The molecule has 0 aliphatic carbocycles. The summed E-state index contributed by atoms with van der Waals surface area (Å²) in [7, 11) is 0. The molecule has 33 heavy (non-hydrogen) atoms. The lowest BCUT2D eigenvalue weighted by Crippen LogP contribution is -2.36. The van der Waals surface area contributed by atoms with Crippen LogP contribution in [-0.2, 0) is 24.4 Å². The van der Waals surface area contributed by atoms with Gasteiger partial charge in [0.05, 0.1) is 12.6 Å². The Morgan fingerprint density at radius 3 is 2.21 bits per heavy atom. The van der Waals surface area contributed by atoms with Gasteiger partial charge in [-0.25, -0.2) is 4.79 Å². The van der Waals surface area contributed by atoms with E-state index >= 15 is 0 Å². The molecule has 0 spiro atoms. The lowest BCUT2D eigenvalue weighted by Gasteiger charge is -2.29. The summed E-state index contributed by atoms with van der Waals surface area (Å²) < 4.78 is 5.55. The number of fused-ring (bicyclic) bond motifs is 2. The zero-order valence-electron chi connectivity index (χ0n) is 19.1. The second-order valence-corrected chi connectivity index (χ2v) is 9.72. The highest BCUT2D eigenvalue weighted by Crippen LogP contribution is 2.43. The van der Waals surface area contributed by atoms with E-state index in [9.17, 15) is 9.90 Å². The summed E-state index contributed by atoms with van der Waals surface area (Å²) in [4.78, 5) is 14.3. The van der Waals surface area contributed by atoms with Crippen molar-refractivity contribution in [3.8, 4) is 5.75 Å². The van der Waals surface area contributed by atoms with Crippen molar-refractivity contribution in [1.82, 2.24) is 10.2 Å². The standard InChI is InChI=1S/C19H20ClNO3.C8H9N/c1-19(2,3)24-18(23)21-11-12-6-4-5-7-14(12)17(21)15-10-13(20)8-9-16(15)22;1-2-4-8-6-9-5-7(8)3-1/h4-10,17,22H,11H2,1-3H3;1-4,9H,5-6H2. The van der Waals surface area contributed by atoms with E-state index in [4.69, 9.17) is 16.3 Å². The summed E-state index contributed by atoms with van der Waals surface area (Å²) in [5, 5.41) is 14.1. The van der Waals surface area contributed by atoms with Crippen molar-refractivity contribution in [2.24, 2.45) is 0 Å². The third-order valence-electron chi connectivity index (χ3n) is 5.66. The molecule has 5 nitrogen and oxygen atoms in total. The number of hydrogen-bond donors (Lipinski definition) is 2. The lowest BCUT2D eigenvalue weighted by atomic mass is 9.97. The topological polar surface area (TPSA) is 61.8 Å². The number of phenolic OH excluding ortho intramolecular Hbond substituents is 1. The maximum absolute atomic E-state index is 12.7. The monoisotopic (exact) mass is 464 g/mol. The Balaban J connectivity index is 0.000000238. The Labute approximate surface area is 200 Å². The largest absolute Gasteiger partial charge is 0.508 e. The van der Waals surface area contributed by atoms with Crippen molar-refractivity contribution in [2.75, 3.05) is 0 Å². The van der Waals surface area contributed by atoms with Gasteiger partial charge in [0.1, 0.15) is 11.4 Å². The fraction of sp³-hybridized carbons (Fsp3) is 0.296. The molecule has 2 aliphatic heterocycles. The van der Waals surface area contributed by atoms with Gasteiger partial charge in [-0.3, -0.25) is 4.90 Å². The molecule has 1 unspecified atom stereocenters. The smallest absolute Gasteiger partial charge is 0.411 e. The summed E-state index contributed by atoms with van der Waals surface area (Å²) in [5.74, 6) is 0.106. The third-order valence-corrected chi connectivity index (χ3v) is 5.90. The first kappa shape index (κ1) is 23.1. The Hall–Kier alpha value is -3.02. The number of rotatable bonds is 1. The summed E-state index contributed by atoms with van der Waals surface area (Å²) in [6, 6.07) is 20.8. The summed E-state index contributed by atoms with van der Waals surface area (Å²) in [6.07, 6.45) is -0.414. The van der Waals surface area contributed by atoms with Crippen molar-refractivity contribution in [3.05, 3.63) is 99.6 Å². The highest BCUT2D eigenvalue weighted by Gasteiger charge is 2.38. The van der Waals surface area contributed by atoms with E-state index in [0.29, 0.717) is 17.1 Å². The predicted octanol–water partition coefficient (Wildman–Crippen LogP) is 6.18. The highest BCUT2D eigenvalue weighted by atomic mass is 35.5. The molecule has 0 aromatic heterocycles. The fourth-order valence-corrected chi connectivity index (χ4v) is 4.37. The molecule has 0 fully saturated rings. The van der Waals surface area contributed by atoms with Gasteiger partial charge in [-0.1, -0.05) is 60.1 Å². The molecule has 0 bridgehead atoms. The molecule has 0 saturated carbocycles. The van der Waals surface area contributed by atoms with Crippen molar-refractivity contribution in [1.29, 1.82) is 0 Å². The second kappa shape index (κ2) is 9.46. The minimum atomic E-state index is -0.590. The Kier molecular flexibility index (Phi) is 6.63. The molecule has 2 aliphatic rings. The molecule has 1 amide bonds. The zero-order chi connectivity index (χ0) is 23.6. The van der Waals surface area contributed by atoms with Crippen LogP contribution >= 0.6 is 11.6 Å². The van der Waals surface area contributed by atoms with Gasteiger partial charge in [0.15, 0.2) is 0 Å². The molecule has 172 valence electrons. The van der Waals surface area contributed by atoms with Gasteiger partial charge in [-0.2, -0.15) is 0 Å². The molecular weight excluding hydrogens is 436 g/mol. The Bertz CT molecular complexity index is 1130. The molecule has 0 saturated heterocycles. The first-order valence-electron chi connectivity index (χ1n) is 11.1. The summed E-state index contributed by atoms with van der Waals surface area (Å²) in [5.41, 5.74) is 4.93. The maximum Gasteiger partial charge on any atom is 0.411 e. The lowest BCUT2D eigenvalue weighted by molar-refractivity contribution is 0.0202. The molecule has 2 heterocycles. The number of ether oxygens (including phenoxy) is 1. The number of phenols is 1. The van der Waals surface area contributed by atoms with Crippen molar-refractivity contribution in [2.45, 2.75) is 52.0 Å². The first-order chi connectivity index (χ1) is 15.7. The van der Waals surface area contributed by atoms with Crippen LogP contribution in [0.15, 0.2) is 66.7 Å². The van der Waals surface area contributed by atoms with E-state index < -0.39 is 17.7 Å². The maximum atomic E-state index is 12.7. The van der Waals surface area contributed by atoms with Crippen LogP contribution in [0.4, 0.5) is 4.79 Å². The van der Waals surface area contributed by atoms with Crippen LogP contribution in [0.25, 0.3) is 0 Å². The number of amides is 1. The van der Waals surface area contributed by atoms with E-state index in [1.807, 2.05) is 45.0 Å².